The molecule has 9 nitrogen and oxygen atoms in total. The number of urea groups is 1. The molecule has 1 aliphatic rings. The van der Waals surface area contributed by atoms with Gasteiger partial charge in [-0.2, -0.15) is 0 Å². The summed E-state index contributed by atoms with van der Waals surface area (Å²) < 4.78 is 11.8. The lowest BCUT2D eigenvalue weighted by molar-refractivity contribution is -0.135. The molecular weight excluding hydrogens is 460 g/mol. The Kier molecular flexibility index (Phi) is 9.30. The lowest BCUT2D eigenvalue weighted by atomic mass is 10.0. The third kappa shape index (κ3) is 6.75. The van der Waals surface area contributed by atoms with E-state index in [1.54, 1.807) is 49.4 Å². The minimum atomic E-state index is -0.414. The Labute approximate surface area is 212 Å². The number of amides is 4. The molecule has 2 N–H and O–H groups in total. The minimum absolute atomic E-state index is 0.0109. The first-order valence-electron chi connectivity index (χ1n) is 12.2. The molecule has 1 aliphatic heterocycles. The normalized spacial score (nSPS) is 20.9. The van der Waals surface area contributed by atoms with Crippen LogP contribution in [-0.2, 0) is 9.53 Å². The van der Waals surface area contributed by atoms with Gasteiger partial charge in [-0.3, -0.25) is 9.59 Å². The van der Waals surface area contributed by atoms with Crippen LogP contribution in [0.4, 0.5) is 16.2 Å². The van der Waals surface area contributed by atoms with Gasteiger partial charge in [-0.25, -0.2) is 4.79 Å². The number of anilines is 2. The van der Waals surface area contributed by atoms with Gasteiger partial charge >= 0.3 is 6.03 Å². The zero-order valence-electron chi connectivity index (χ0n) is 21.6. The van der Waals surface area contributed by atoms with Crippen LogP contribution in [-0.4, -0.2) is 73.6 Å². The highest BCUT2D eigenvalue weighted by atomic mass is 16.5. The predicted octanol–water partition coefficient (Wildman–Crippen LogP) is 4.07. The highest BCUT2D eigenvalue weighted by Gasteiger charge is 2.29. The second-order valence-electron chi connectivity index (χ2n) is 9.15. The van der Waals surface area contributed by atoms with Gasteiger partial charge in [-0.05, 0) is 31.2 Å². The molecule has 0 saturated carbocycles. The van der Waals surface area contributed by atoms with Crippen molar-refractivity contribution in [2.24, 2.45) is 5.92 Å². The van der Waals surface area contributed by atoms with Crippen LogP contribution in [0.2, 0.25) is 0 Å². The van der Waals surface area contributed by atoms with Crippen molar-refractivity contribution < 1.29 is 23.9 Å². The molecule has 3 atom stereocenters. The Morgan fingerprint density at radius 1 is 1.06 bits per heavy atom. The molecule has 0 radical (unpaired) electrons. The van der Waals surface area contributed by atoms with Crippen LogP contribution in [0.5, 0.6) is 5.75 Å². The van der Waals surface area contributed by atoms with Crippen LogP contribution in [0, 0.1) is 5.92 Å². The summed E-state index contributed by atoms with van der Waals surface area (Å²) in [5.74, 6) is 0.163. The molecule has 9 heteroatoms. The number of likely N-dealkylation sites (N-methyl/N-ethyl adjacent to an activating group) is 1. The highest BCUT2D eigenvalue weighted by Crippen LogP contribution is 2.27. The van der Waals surface area contributed by atoms with Crippen molar-refractivity contribution in [3.63, 3.8) is 0 Å². The highest BCUT2D eigenvalue weighted by molar-refractivity contribution is 6.01. The quantitative estimate of drug-likeness (QED) is 0.665. The summed E-state index contributed by atoms with van der Waals surface area (Å²) in [6.07, 6.45) is 0.138. The Hall–Kier alpha value is -3.59. The van der Waals surface area contributed by atoms with E-state index in [0.29, 0.717) is 42.2 Å². The van der Waals surface area contributed by atoms with E-state index >= 15 is 0 Å². The third-order valence-corrected chi connectivity index (χ3v) is 6.36. The van der Waals surface area contributed by atoms with Crippen molar-refractivity contribution in [3.05, 3.63) is 54.1 Å². The van der Waals surface area contributed by atoms with E-state index in [4.69, 9.17) is 9.47 Å². The standard InChI is InChI=1S/C27H36N4O5/c1-6-25(32)31-15-18(2)24(35-5)16-30(4)26(33)22-13-12-21(14-23(22)36-17-19(31)3)29-27(34)28-20-10-8-7-9-11-20/h7-14,18-19,24H,6,15-17H2,1-5H3,(H2,28,29,34)/t18-,19-,24-/m1/s1. The summed E-state index contributed by atoms with van der Waals surface area (Å²) in [7, 11) is 3.34. The Morgan fingerprint density at radius 2 is 1.75 bits per heavy atom. The number of benzene rings is 2. The van der Waals surface area contributed by atoms with Crippen LogP contribution < -0.4 is 15.4 Å². The minimum Gasteiger partial charge on any atom is -0.491 e. The van der Waals surface area contributed by atoms with Crippen LogP contribution >= 0.6 is 0 Å². The van der Waals surface area contributed by atoms with Crippen molar-refractivity contribution >= 4 is 29.2 Å². The fourth-order valence-electron chi connectivity index (χ4n) is 4.22. The molecule has 2 aromatic rings. The van der Waals surface area contributed by atoms with E-state index in [0.717, 1.165) is 0 Å². The molecule has 0 aliphatic carbocycles. The van der Waals surface area contributed by atoms with Gasteiger partial charge < -0.3 is 29.9 Å². The van der Waals surface area contributed by atoms with Gasteiger partial charge in [0.2, 0.25) is 5.91 Å². The maximum Gasteiger partial charge on any atom is 0.323 e. The molecule has 0 fully saturated rings. The van der Waals surface area contributed by atoms with Crippen molar-refractivity contribution in [2.45, 2.75) is 39.3 Å². The summed E-state index contributed by atoms with van der Waals surface area (Å²) in [5, 5.41) is 5.55. The van der Waals surface area contributed by atoms with E-state index in [2.05, 4.69) is 10.6 Å². The predicted molar refractivity (Wildman–Crippen MR) is 139 cm³/mol. The largest absolute Gasteiger partial charge is 0.491 e. The Morgan fingerprint density at radius 3 is 2.42 bits per heavy atom. The molecule has 0 bridgehead atoms. The molecule has 4 amide bonds. The van der Waals surface area contributed by atoms with Gasteiger partial charge in [0.1, 0.15) is 12.4 Å². The molecule has 0 unspecified atom stereocenters. The molecule has 0 saturated heterocycles. The number of nitrogens with one attached hydrogen (secondary N) is 2. The second kappa shape index (κ2) is 12.4. The van der Waals surface area contributed by atoms with E-state index in [1.165, 1.54) is 0 Å². The van der Waals surface area contributed by atoms with Crippen molar-refractivity contribution in [1.29, 1.82) is 0 Å². The number of methoxy groups -OCH3 is 1. The SMILES string of the molecule is CCC(=O)N1C[C@@H](C)[C@H](OC)CN(C)C(=O)c2ccc(NC(=O)Nc3ccccc3)cc2OC[C@H]1C. The van der Waals surface area contributed by atoms with Gasteiger partial charge in [0.05, 0.1) is 17.7 Å². The number of hydrogen-bond donors (Lipinski definition) is 2. The number of nitrogens with zero attached hydrogens (tertiary/aromatic N) is 2. The molecule has 2 aromatic carbocycles. The van der Waals surface area contributed by atoms with Gasteiger partial charge in [0.25, 0.3) is 5.91 Å². The van der Waals surface area contributed by atoms with Gasteiger partial charge in [0.15, 0.2) is 0 Å². The number of ether oxygens (including phenoxy) is 2. The Balaban J connectivity index is 1.89. The molecule has 1 heterocycles. The summed E-state index contributed by atoms with van der Waals surface area (Å²) in [6, 6.07) is 13.4. The number of fused-ring (bicyclic) bond motifs is 1. The number of hydrogen-bond acceptors (Lipinski definition) is 5. The average Bonchev–Trinajstić information content (AvgIpc) is 2.87. The molecular formula is C27H36N4O5. The Bertz CT molecular complexity index is 1060. The molecule has 36 heavy (non-hydrogen) atoms. The lowest BCUT2D eigenvalue weighted by Crippen LogP contribution is -2.48. The van der Waals surface area contributed by atoms with E-state index in [-0.39, 0.29) is 36.5 Å². The van der Waals surface area contributed by atoms with Crippen molar-refractivity contribution in [2.75, 3.05) is 44.5 Å². The first kappa shape index (κ1) is 27.0. The van der Waals surface area contributed by atoms with Crippen LogP contribution in [0.1, 0.15) is 37.6 Å². The van der Waals surface area contributed by atoms with Gasteiger partial charge in [-0.15, -0.1) is 0 Å². The number of carbonyl (C=O) groups excluding carboxylic acids is 3. The topological polar surface area (TPSA) is 100 Å². The van der Waals surface area contributed by atoms with Gasteiger partial charge in [-0.1, -0.05) is 32.0 Å². The van der Waals surface area contributed by atoms with Crippen molar-refractivity contribution in [3.8, 4) is 5.75 Å². The number of para-hydroxylation sites is 1. The lowest BCUT2D eigenvalue weighted by Gasteiger charge is -2.36. The second-order valence-corrected chi connectivity index (χ2v) is 9.15. The van der Waals surface area contributed by atoms with Crippen LogP contribution in [0.15, 0.2) is 48.5 Å². The average molecular weight is 497 g/mol. The molecule has 3 rings (SSSR count). The van der Waals surface area contributed by atoms with Crippen LogP contribution in [0.25, 0.3) is 0 Å². The zero-order valence-corrected chi connectivity index (χ0v) is 21.6. The van der Waals surface area contributed by atoms with E-state index in [1.807, 2.05) is 43.9 Å². The third-order valence-electron chi connectivity index (χ3n) is 6.36. The smallest absolute Gasteiger partial charge is 0.323 e. The fraction of sp³-hybridized carbons (Fsp3) is 0.444. The first-order valence-corrected chi connectivity index (χ1v) is 12.2. The van der Waals surface area contributed by atoms with E-state index in [9.17, 15) is 14.4 Å². The maximum atomic E-state index is 13.3. The van der Waals surface area contributed by atoms with Crippen molar-refractivity contribution in [1.82, 2.24) is 9.80 Å². The molecule has 0 aromatic heterocycles. The van der Waals surface area contributed by atoms with Crippen LogP contribution in [0.3, 0.4) is 0 Å². The summed E-state index contributed by atoms with van der Waals surface area (Å²) in [5.41, 5.74) is 1.50. The number of carbonyl (C=O) groups is 3. The first-order chi connectivity index (χ1) is 17.2. The monoisotopic (exact) mass is 496 g/mol. The molecule has 0 spiro atoms. The summed E-state index contributed by atoms with van der Waals surface area (Å²) >= 11 is 0. The molecule has 194 valence electrons. The van der Waals surface area contributed by atoms with Gasteiger partial charge in [0, 0.05) is 57.0 Å². The summed E-state index contributed by atoms with van der Waals surface area (Å²) in [6.45, 7) is 6.83. The summed E-state index contributed by atoms with van der Waals surface area (Å²) in [4.78, 5) is 41.9. The number of rotatable bonds is 4. The zero-order chi connectivity index (χ0) is 26.2. The fourth-order valence-corrected chi connectivity index (χ4v) is 4.22. The van der Waals surface area contributed by atoms with E-state index < -0.39 is 6.03 Å². The maximum absolute atomic E-state index is 13.3.